The first kappa shape index (κ1) is 19.7. The van der Waals surface area contributed by atoms with Gasteiger partial charge in [0.2, 0.25) is 0 Å². The topological polar surface area (TPSA) is 66.0 Å². The highest BCUT2D eigenvalue weighted by Gasteiger charge is 2.54. The fourth-order valence-electron chi connectivity index (χ4n) is 6.23. The molecular weight excluding hydrogens is 374 g/mol. The van der Waals surface area contributed by atoms with Gasteiger partial charge in [-0.25, -0.2) is 0 Å². The molecule has 0 radical (unpaired) electrons. The van der Waals surface area contributed by atoms with Crippen LogP contribution in [0.15, 0.2) is 24.3 Å². The van der Waals surface area contributed by atoms with E-state index < -0.39 is 0 Å². The predicted octanol–water partition coefficient (Wildman–Crippen LogP) is 1.95. The maximum absolute atomic E-state index is 13.3. The summed E-state index contributed by atoms with van der Waals surface area (Å²) in [4.78, 5) is 27.0. The smallest absolute Gasteiger partial charge is 0.278 e. The van der Waals surface area contributed by atoms with Gasteiger partial charge < -0.3 is 15.5 Å². The summed E-state index contributed by atoms with van der Waals surface area (Å²) in [6.45, 7) is 1.25. The lowest BCUT2D eigenvalue weighted by molar-refractivity contribution is -0.633. The summed E-state index contributed by atoms with van der Waals surface area (Å²) < 4.78 is 0. The number of carbonyl (C=O) groups excluding carboxylic acids is 2. The van der Waals surface area contributed by atoms with Gasteiger partial charge in [-0.1, -0.05) is 23.7 Å². The fraction of sp³-hybridized carbons (Fsp3) is 0.636. The van der Waals surface area contributed by atoms with Crippen molar-refractivity contribution in [2.75, 3.05) is 20.1 Å². The van der Waals surface area contributed by atoms with E-state index in [0.717, 1.165) is 47.6 Å². The van der Waals surface area contributed by atoms with Gasteiger partial charge in [-0.15, -0.1) is 0 Å². The van der Waals surface area contributed by atoms with E-state index in [9.17, 15) is 9.59 Å². The molecule has 0 aliphatic heterocycles. The van der Waals surface area contributed by atoms with Crippen LogP contribution in [0.1, 0.15) is 44.1 Å². The predicted molar refractivity (Wildman–Crippen MR) is 109 cm³/mol. The van der Waals surface area contributed by atoms with Crippen LogP contribution < -0.4 is 10.6 Å². The summed E-state index contributed by atoms with van der Waals surface area (Å²) in [7, 11) is 1.63. The highest BCUT2D eigenvalue weighted by Crippen LogP contribution is 2.58. The number of rotatable bonds is 7. The second-order valence-electron chi connectivity index (χ2n) is 9.12. The van der Waals surface area contributed by atoms with Crippen LogP contribution in [0, 0.1) is 17.8 Å². The zero-order valence-electron chi connectivity index (χ0n) is 16.6. The fourth-order valence-corrected chi connectivity index (χ4v) is 6.35. The maximum Gasteiger partial charge on any atom is 0.278 e. The molecule has 0 atom stereocenters. The van der Waals surface area contributed by atoms with Crippen molar-refractivity contribution in [1.29, 1.82) is 0 Å². The summed E-state index contributed by atoms with van der Waals surface area (Å²) in [5.74, 6) is 2.44. The Hall–Kier alpha value is -1.59. The van der Waals surface area contributed by atoms with Gasteiger partial charge in [0, 0.05) is 24.2 Å². The SMILES string of the molecule is CNC(=O)C[NH2+]CC(=O)N(Cc1ccc(Cl)cc1)C12CC3CC(CC(C3)C1)C2. The van der Waals surface area contributed by atoms with Gasteiger partial charge >= 0.3 is 0 Å². The molecule has 4 aliphatic carbocycles. The first-order valence-corrected chi connectivity index (χ1v) is 10.9. The van der Waals surface area contributed by atoms with Crippen LogP contribution in [0.3, 0.4) is 0 Å². The highest BCUT2D eigenvalue weighted by molar-refractivity contribution is 6.30. The first-order chi connectivity index (χ1) is 13.5. The van der Waals surface area contributed by atoms with Crippen LogP contribution in [0.5, 0.6) is 0 Å². The van der Waals surface area contributed by atoms with Crippen molar-refractivity contribution in [3.8, 4) is 0 Å². The number of amides is 2. The Labute approximate surface area is 172 Å². The van der Waals surface area contributed by atoms with Crippen LogP contribution >= 0.6 is 11.6 Å². The summed E-state index contributed by atoms with van der Waals surface area (Å²) >= 11 is 6.06. The lowest BCUT2D eigenvalue weighted by atomic mass is 9.52. The molecule has 5 nitrogen and oxygen atoms in total. The van der Waals surface area contributed by atoms with E-state index in [1.807, 2.05) is 29.6 Å². The molecule has 4 bridgehead atoms. The summed E-state index contributed by atoms with van der Waals surface area (Å²) in [6.07, 6.45) is 7.50. The number of benzene rings is 1. The van der Waals surface area contributed by atoms with Crippen molar-refractivity contribution >= 4 is 23.4 Å². The number of likely N-dealkylation sites (N-methyl/N-ethyl adjacent to an activating group) is 1. The highest BCUT2D eigenvalue weighted by atomic mass is 35.5. The molecule has 0 heterocycles. The summed E-state index contributed by atoms with van der Waals surface area (Å²) in [6, 6.07) is 7.85. The van der Waals surface area contributed by atoms with Crippen LogP contribution in [0.25, 0.3) is 0 Å². The van der Waals surface area contributed by atoms with Crippen molar-refractivity contribution in [2.24, 2.45) is 17.8 Å². The molecule has 0 unspecified atom stereocenters. The van der Waals surface area contributed by atoms with Crippen LogP contribution in [0.4, 0.5) is 0 Å². The Kier molecular flexibility index (Phi) is 5.66. The Morgan fingerprint density at radius 3 is 2.18 bits per heavy atom. The van der Waals surface area contributed by atoms with Gasteiger partial charge in [0.1, 0.15) is 0 Å². The molecule has 1 aromatic carbocycles. The number of nitrogens with two attached hydrogens (primary N) is 1. The Balaban J connectivity index is 1.53. The van der Waals surface area contributed by atoms with Crippen molar-refractivity contribution in [3.05, 3.63) is 34.9 Å². The van der Waals surface area contributed by atoms with Gasteiger partial charge in [0.25, 0.3) is 11.8 Å². The third-order valence-electron chi connectivity index (χ3n) is 7.06. The van der Waals surface area contributed by atoms with E-state index in [-0.39, 0.29) is 23.9 Å². The molecule has 4 aliphatic rings. The van der Waals surface area contributed by atoms with Gasteiger partial charge in [-0.05, 0) is 74.0 Å². The summed E-state index contributed by atoms with van der Waals surface area (Å²) in [5.41, 5.74) is 1.13. The molecule has 0 spiro atoms. The Morgan fingerprint density at radius 1 is 1.07 bits per heavy atom. The number of quaternary nitrogens is 1. The molecule has 4 fully saturated rings. The molecule has 6 heteroatoms. The minimum absolute atomic E-state index is 0.00627. The molecule has 152 valence electrons. The maximum atomic E-state index is 13.3. The van der Waals surface area contributed by atoms with E-state index in [2.05, 4.69) is 10.2 Å². The van der Waals surface area contributed by atoms with Crippen molar-refractivity contribution in [3.63, 3.8) is 0 Å². The van der Waals surface area contributed by atoms with Crippen LogP contribution in [-0.2, 0) is 16.1 Å². The first-order valence-electron chi connectivity index (χ1n) is 10.5. The number of halogens is 1. The molecule has 0 aromatic heterocycles. The lowest BCUT2D eigenvalue weighted by Crippen LogP contribution is -2.89. The lowest BCUT2D eigenvalue weighted by Gasteiger charge is -2.60. The zero-order valence-corrected chi connectivity index (χ0v) is 17.4. The van der Waals surface area contributed by atoms with Gasteiger partial charge in [0.15, 0.2) is 13.1 Å². The van der Waals surface area contributed by atoms with Crippen molar-refractivity contribution in [1.82, 2.24) is 10.2 Å². The molecular formula is C22H31ClN3O2+. The average molecular weight is 405 g/mol. The molecule has 2 amide bonds. The summed E-state index contributed by atoms with van der Waals surface area (Å²) in [5, 5.41) is 5.15. The molecule has 3 N–H and O–H groups in total. The van der Waals surface area contributed by atoms with Crippen molar-refractivity contribution < 1.29 is 14.9 Å². The van der Waals surface area contributed by atoms with Gasteiger partial charge in [0.05, 0.1) is 0 Å². The second-order valence-corrected chi connectivity index (χ2v) is 9.55. The van der Waals surface area contributed by atoms with E-state index in [0.29, 0.717) is 13.1 Å². The quantitative estimate of drug-likeness (QED) is 0.729. The Morgan fingerprint density at radius 2 is 1.64 bits per heavy atom. The van der Waals surface area contributed by atoms with E-state index >= 15 is 0 Å². The number of nitrogens with zero attached hydrogens (tertiary/aromatic N) is 1. The van der Waals surface area contributed by atoms with Gasteiger partial charge in [-0.3, -0.25) is 9.59 Å². The Bertz CT molecular complexity index is 699. The third kappa shape index (κ3) is 4.06. The van der Waals surface area contributed by atoms with Crippen LogP contribution in [-0.4, -0.2) is 42.4 Å². The number of carbonyl (C=O) groups is 2. The molecule has 28 heavy (non-hydrogen) atoms. The van der Waals surface area contributed by atoms with Gasteiger partial charge in [-0.2, -0.15) is 0 Å². The molecule has 4 saturated carbocycles. The molecule has 5 rings (SSSR count). The molecule has 1 aromatic rings. The van der Waals surface area contributed by atoms with E-state index in [4.69, 9.17) is 11.6 Å². The number of hydrogen-bond acceptors (Lipinski definition) is 2. The number of hydrogen-bond donors (Lipinski definition) is 2. The largest absolute Gasteiger partial charge is 0.354 e. The third-order valence-corrected chi connectivity index (χ3v) is 7.31. The number of nitrogens with one attached hydrogen (secondary N) is 1. The van der Waals surface area contributed by atoms with E-state index in [1.54, 1.807) is 7.05 Å². The monoisotopic (exact) mass is 404 g/mol. The zero-order chi connectivity index (χ0) is 19.7. The second kappa shape index (κ2) is 8.03. The van der Waals surface area contributed by atoms with E-state index in [1.165, 1.54) is 19.3 Å². The minimum atomic E-state index is -0.0492. The normalized spacial score (nSPS) is 30.3. The van der Waals surface area contributed by atoms with Crippen LogP contribution in [0.2, 0.25) is 5.02 Å². The average Bonchev–Trinajstić information content (AvgIpc) is 2.66. The minimum Gasteiger partial charge on any atom is -0.354 e. The molecule has 0 saturated heterocycles. The standard InChI is InChI=1S/C22H30ClN3O2/c1-24-20(27)12-25-13-21(28)26(14-15-2-4-19(23)5-3-15)22-9-16-6-17(10-22)8-18(7-16)11-22/h2-5,16-18,25H,6-14H2,1H3,(H,24,27)/p+1. The van der Waals surface area contributed by atoms with Crippen molar-refractivity contribution in [2.45, 2.75) is 50.6 Å².